The summed E-state index contributed by atoms with van der Waals surface area (Å²) in [7, 11) is 0. The van der Waals surface area contributed by atoms with Crippen molar-refractivity contribution in [2.75, 3.05) is 5.32 Å². The molecule has 1 N–H and O–H groups in total. The average molecular weight is 334 g/mol. The highest BCUT2D eigenvalue weighted by atomic mass is 35.5. The molecule has 2 aromatic rings. The summed E-state index contributed by atoms with van der Waals surface area (Å²) in [5.41, 5.74) is 0.902. The maximum atomic E-state index is 12.4. The SMILES string of the molecule is Cc1cc(Cl)ccc1O[C@H](C)C(=O)Nc1cnc2n1CCCC2. The number of halogens is 1. The van der Waals surface area contributed by atoms with Gasteiger partial charge in [-0.25, -0.2) is 4.98 Å². The third-order valence-electron chi connectivity index (χ3n) is 4.03. The van der Waals surface area contributed by atoms with Crippen LogP contribution in [0.4, 0.5) is 5.82 Å². The van der Waals surface area contributed by atoms with Gasteiger partial charge >= 0.3 is 0 Å². The number of nitrogens with zero attached hydrogens (tertiary/aromatic N) is 2. The zero-order valence-corrected chi connectivity index (χ0v) is 14.1. The normalized spacial score (nSPS) is 14.9. The molecule has 0 spiro atoms. The maximum absolute atomic E-state index is 12.4. The number of rotatable bonds is 4. The average Bonchev–Trinajstić information content (AvgIpc) is 2.93. The zero-order chi connectivity index (χ0) is 16.4. The number of aromatic nitrogens is 2. The van der Waals surface area contributed by atoms with Crippen molar-refractivity contribution in [2.24, 2.45) is 0 Å². The van der Waals surface area contributed by atoms with Gasteiger partial charge in [0.05, 0.1) is 6.20 Å². The topological polar surface area (TPSA) is 56.1 Å². The molecule has 1 aromatic carbocycles. The van der Waals surface area contributed by atoms with E-state index in [0.29, 0.717) is 10.8 Å². The number of nitrogens with one attached hydrogen (secondary N) is 1. The molecule has 0 unspecified atom stereocenters. The molecule has 5 nitrogen and oxygen atoms in total. The van der Waals surface area contributed by atoms with Crippen LogP contribution in [0.25, 0.3) is 0 Å². The summed E-state index contributed by atoms with van der Waals surface area (Å²) in [6.07, 6.45) is 4.34. The standard InChI is InChI=1S/C17H20ClN3O2/c1-11-9-13(18)6-7-14(11)23-12(2)17(22)20-16-10-19-15-5-3-4-8-21(15)16/h6-7,9-10,12H,3-5,8H2,1-2H3,(H,20,22)/t12-/m1/s1. The molecular weight excluding hydrogens is 314 g/mol. The Morgan fingerprint density at radius 1 is 1.43 bits per heavy atom. The molecule has 0 fully saturated rings. The highest BCUT2D eigenvalue weighted by molar-refractivity contribution is 6.30. The molecule has 1 aromatic heterocycles. The minimum atomic E-state index is -0.607. The number of ether oxygens (including phenoxy) is 1. The van der Waals surface area contributed by atoms with E-state index in [1.54, 1.807) is 25.3 Å². The van der Waals surface area contributed by atoms with Crippen molar-refractivity contribution in [3.05, 3.63) is 40.8 Å². The Kier molecular flexibility index (Phi) is 4.57. The van der Waals surface area contributed by atoms with Gasteiger partial charge in [0.25, 0.3) is 5.91 Å². The second-order valence-corrected chi connectivity index (χ2v) is 6.26. The molecule has 1 atom stereocenters. The van der Waals surface area contributed by atoms with Crippen molar-refractivity contribution in [2.45, 2.75) is 45.8 Å². The molecular formula is C17H20ClN3O2. The second kappa shape index (κ2) is 6.62. The lowest BCUT2D eigenvalue weighted by Gasteiger charge is -2.19. The molecule has 1 aliphatic rings. The van der Waals surface area contributed by atoms with Crippen LogP contribution < -0.4 is 10.1 Å². The molecule has 23 heavy (non-hydrogen) atoms. The Morgan fingerprint density at radius 2 is 2.26 bits per heavy atom. The summed E-state index contributed by atoms with van der Waals surface area (Å²) >= 11 is 5.93. The van der Waals surface area contributed by atoms with E-state index in [-0.39, 0.29) is 5.91 Å². The first-order chi connectivity index (χ1) is 11.0. The van der Waals surface area contributed by atoms with E-state index in [4.69, 9.17) is 16.3 Å². The first kappa shape index (κ1) is 15.9. The monoisotopic (exact) mass is 333 g/mol. The highest BCUT2D eigenvalue weighted by Crippen LogP contribution is 2.24. The van der Waals surface area contributed by atoms with Crippen molar-refractivity contribution in [3.63, 3.8) is 0 Å². The summed E-state index contributed by atoms with van der Waals surface area (Å²) in [5.74, 6) is 2.25. The molecule has 0 saturated carbocycles. The number of hydrogen-bond acceptors (Lipinski definition) is 3. The van der Waals surface area contributed by atoms with Crippen molar-refractivity contribution in [3.8, 4) is 5.75 Å². The van der Waals surface area contributed by atoms with Gasteiger partial charge in [-0.15, -0.1) is 0 Å². The van der Waals surface area contributed by atoms with E-state index in [1.807, 2.05) is 13.0 Å². The summed E-state index contributed by atoms with van der Waals surface area (Å²) in [5, 5.41) is 3.56. The summed E-state index contributed by atoms with van der Waals surface area (Å²) in [4.78, 5) is 16.7. The largest absolute Gasteiger partial charge is 0.481 e. The molecule has 1 amide bonds. The third-order valence-corrected chi connectivity index (χ3v) is 4.27. The number of hydrogen-bond donors (Lipinski definition) is 1. The van der Waals surface area contributed by atoms with Gasteiger partial charge < -0.3 is 14.6 Å². The van der Waals surface area contributed by atoms with Gasteiger partial charge in [-0.05, 0) is 50.5 Å². The van der Waals surface area contributed by atoms with E-state index >= 15 is 0 Å². The quantitative estimate of drug-likeness (QED) is 0.930. The van der Waals surface area contributed by atoms with Crippen LogP contribution in [-0.4, -0.2) is 21.6 Å². The van der Waals surface area contributed by atoms with Crippen LogP contribution in [0.1, 0.15) is 31.2 Å². The van der Waals surface area contributed by atoms with Crippen LogP contribution in [0.5, 0.6) is 5.75 Å². The van der Waals surface area contributed by atoms with Gasteiger partial charge in [0.2, 0.25) is 0 Å². The maximum Gasteiger partial charge on any atom is 0.266 e. The van der Waals surface area contributed by atoms with Crippen LogP contribution in [-0.2, 0) is 17.8 Å². The minimum Gasteiger partial charge on any atom is -0.481 e. The Bertz CT molecular complexity index is 727. The van der Waals surface area contributed by atoms with Gasteiger partial charge in [-0.3, -0.25) is 4.79 Å². The molecule has 3 rings (SSSR count). The predicted octanol–water partition coefficient (Wildman–Crippen LogP) is 3.59. The smallest absolute Gasteiger partial charge is 0.266 e. The Morgan fingerprint density at radius 3 is 3.04 bits per heavy atom. The van der Waals surface area contributed by atoms with E-state index in [1.165, 1.54) is 0 Å². The molecule has 0 saturated heterocycles. The molecule has 0 bridgehead atoms. The summed E-state index contributed by atoms with van der Waals surface area (Å²) < 4.78 is 7.83. The number of anilines is 1. The molecule has 122 valence electrons. The first-order valence-electron chi connectivity index (χ1n) is 7.82. The van der Waals surface area contributed by atoms with Gasteiger partial charge in [0.15, 0.2) is 6.10 Å². The first-order valence-corrected chi connectivity index (χ1v) is 8.20. The van der Waals surface area contributed by atoms with Gasteiger partial charge in [-0.2, -0.15) is 0 Å². The van der Waals surface area contributed by atoms with Crippen molar-refractivity contribution >= 4 is 23.3 Å². The lowest BCUT2D eigenvalue weighted by molar-refractivity contribution is -0.122. The summed E-state index contributed by atoms with van der Waals surface area (Å²) in [6, 6.07) is 5.35. The van der Waals surface area contributed by atoms with Gasteiger partial charge in [-0.1, -0.05) is 11.6 Å². The molecule has 0 aliphatic carbocycles. The second-order valence-electron chi connectivity index (χ2n) is 5.83. The van der Waals surface area contributed by atoms with E-state index in [9.17, 15) is 4.79 Å². The van der Waals surface area contributed by atoms with Crippen molar-refractivity contribution in [1.82, 2.24) is 9.55 Å². The highest BCUT2D eigenvalue weighted by Gasteiger charge is 2.20. The van der Waals surface area contributed by atoms with Gasteiger partial charge in [0, 0.05) is 18.0 Å². The molecule has 1 aliphatic heterocycles. The van der Waals surface area contributed by atoms with Crippen LogP contribution in [0.2, 0.25) is 5.02 Å². The Hall–Kier alpha value is -2.01. The number of carbonyl (C=O) groups is 1. The van der Waals surface area contributed by atoms with E-state index in [2.05, 4.69) is 14.9 Å². The fraction of sp³-hybridized carbons (Fsp3) is 0.412. The predicted molar refractivity (Wildman–Crippen MR) is 90.1 cm³/mol. The van der Waals surface area contributed by atoms with Crippen molar-refractivity contribution < 1.29 is 9.53 Å². The number of benzene rings is 1. The van der Waals surface area contributed by atoms with Crippen LogP contribution in [0.3, 0.4) is 0 Å². The molecule has 2 heterocycles. The van der Waals surface area contributed by atoms with E-state index in [0.717, 1.165) is 43.0 Å². The molecule has 0 radical (unpaired) electrons. The van der Waals surface area contributed by atoms with Crippen molar-refractivity contribution in [1.29, 1.82) is 0 Å². The fourth-order valence-corrected chi connectivity index (χ4v) is 2.96. The number of imidazole rings is 1. The lowest BCUT2D eigenvalue weighted by Crippen LogP contribution is -2.31. The van der Waals surface area contributed by atoms with Gasteiger partial charge in [0.1, 0.15) is 17.4 Å². The zero-order valence-electron chi connectivity index (χ0n) is 13.3. The fourth-order valence-electron chi connectivity index (χ4n) is 2.73. The Labute approximate surface area is 140 Å². The van der Waals surface area contributed by atoms with Crippen LogP contribution in [0.15, 0.2) is 24.4 Å². The molecule has 6 heteroatoms. The number of fused-ring (bicyclic) bond motifs is 1. The minimum absolute atomic E-state index is 0.187. The van der Waals surface area contributed by atoms with Crippen LogP contribution >= 0.6 is 11.6 Å². The lowest BCUT2D eigenvalue weighted by atomic mass is 10.2. The Balaban J connectivity index is 1.67. The third kappa shape index (κ3) is 3.50. The van der Waals surface area contributed by atoms with Crippen LogP contribution in [0, 0.1) is 6.92 Å². The summed E-state index contributed by atoms with van der Waals surface area (Å²) in [6.45, 7) is 4.53. The number of carbonyl (C=O) groups excluding carboxylic acids is 1. The number of amides is 1. The number of aryl methyl sites for hydroxylation is 2. The van der Waals surface area contributed by atoms with E-state index < -0.39 is 6.10 Å².